The van der Waals surface area contributed by atoms with Gasteiger partial charge in [-0.3, -0.25) is 15.2 Å². The van der Waals surface area contributed by atoms with Gasteiger partial charge in [0, 0.05) is 11.8 Å². The number of halogens is 1. The summed E-state index contributed by atoms with van der Waals surface area (Å²) in [6.07, 6.45) is 0. The summed E-state index contributed by atoms with van der Waals surface area (Å²) < 4.78 is 0.481. The lowest BCUT2D eigenvalue weighted by atomic mass is 10.2. The molecule has 2 rings (SSSR count). The molecule has 1 aromatic carbocycles. The van der Waals surface area contributed by atoms with Crippen molar-refractivity contribution in [3.8, 4) is 0 Å². The van der Waals surface area contributed by atoms with Crippen LogP contribution in [0.15, 0.2) is 27.8 Å². The molecule has 0 bridgehead atoms. The van der Waals surface area contributed by atoms with Crippen molar-refractivity contribution in [2.24, 2.45) is 0 Å². The molecule has 0 fully saturated rings. The van der Waals surface area contributed by atoms with Crippen molar-refractivity contribution in [2.75, 3.05) is 0 Å². The summed E-state index contributed by atoms with van der Waals surface area (Å²) in [6.45, 7) is 1.82. The summed E-state index contributed by atoms with van der Waals surface area (Å²) in [4.78, 5) is 14.5. The molecule has 0 radical (unpaired) electrons. The largest absolute Gasteiger partial charge is 0.283 e. The zero-order valence-corrected chi connectivity index (χ0v) is 11.8. The molecule has 1 aromatic heterocycles. The van der Waals surface area contributed by atoms with Crippen molar-refractivity contribution in [3.63, 3.8) is 0 Å². The van der Waals surface area contributed by atoms with E-state index in [4.69, 9.17) is 0 Å². The third-order valence-corrected chi connectivity index (χ3v) is 3.74. The van der Waals surface area contributed by atoms with E-state index in [1.807, 2.05) is 13.0 Å². The van der Waals surface area contributed by atoms with Gasteiger partial charge in [0.05, 0.1) is 9.40 Å². The Hall–Kier alpha value is -1.41. The third kappa shape index (κ3) is 3.08. The fraction of sp³-hybridized carbons (Fsp3) is 0.200. The Kier molecular flexibility index (Phi) is 3.97. The van der Waals surface area contributed by atoms with Crippen molar-refractivity contribution in [3.05, 3.63) is 44.2 Å². The summed E-state index contributed by atoms with van der Waals surface area (Å²) in [5.41, 5.74) is 0.927. The number of hydrogen-bond acceptors (Lipinski definition) is 5. The molecule has 0 amide bonds. The van der Waals surface area contributed by atoms with Crippen LogP contribution >= 0.6 is 27.7 Å². The Balaban J connectivity index is 2.10. The number of rotatable bonds is 4. The Morgan fingerprint density at radius 1 is 1.56 bits per heavy atom. The quantitative estimate of drug-likeness (QED) is 0.529. The third-order valence-electron chi connectivity index (χ3n) is 2.15. The number of nitro benzene ring substituents is 1. The normalized spacial score (nSPS) is 10.6. The molecule has 0 unspecified atom stereocenters. The molecule has 2 aromatic rings. The second-order valence-corrected chi connectivity index (χ2v) is 5.33. The van der Waals surface area contributed by atoms with E-state index < -0.39 is 4.92 Å². The van der Waals surface area contributed by atoms with Crippen LogP contribution in [0.1, 0.15) is 11.4 Å². The molecule has 0 atom stereocenters. The van der Waals surface area contributed by atoms with Crippen molar-refractivity contribution in [1.29, 1.82) is 0 Å². The van der Waals surface area contributed by atoms with E-state index in [2.05, 4.69) is 31.1 Å². The van der Waals surface area contributed by atoms with Crippen LogP contribution in [0.2, 0.25) is 0 Å². The van der Waals surface area contributed by atoms with Crippen LogP contribution in [0.4, 0.5) is 5.69 Å². The predicted molar refractivity (Wildman–Crippen MR) is 71.5 cm³/mol. The fourth-order valence-electron chi connectivity index (χ4n) is 1.32. The molecule has 0 aliphatic carbocycles. The second-order valence-electron chi connectivity index (χ2n) is 3.53. The maximum Gasteiger partial charge on any atom is 0.283 e. The average Bonchev–Trinajstić information content (AvgIpc) is 2.74. The zero-order chi connectivity index (χ0) is 13.1. The van der Waals surface area contributed by atoms with Crippen LogP contribution in [0.25, 0.3) is 0 Å². The minimum Gasteiger partial charge on any atom is -0.262 e. The highest BCUT2D eigenvalue weighted by Crippen LogP contribution is 2.28. The van der Waals surface area contributed by atoms with E-state index in [9.17, 15) is 10.1 Å². The van der Waals surface area contributed by atoms with Crippen LogP contribution in [0, 0.1) is 17.0 Å². The number of nitrogens with zero attached hydrogens (tertiary/aromatic N) is 3. The molecule has 1 heterocycles. The van der Waals surface area contributed by atoms with E-state index in [0.717, 1.165) is 11.4 Å². The minimum absolute atomic E-state index is 0.0688. The number of nitro groups is 1. The molecular formula is C10H9BrN4O2S. The second kappa shape index (κ2) is 5.49. The molecule has 0 saturated heterocycles. The highest BCUT2D eigenvalue weighted by molar-refractivity contribution is 9.10. The van der Waals surface area contributed by atoms with Gasteiger partial charge in [0.1, 0.15) is 5.82 Å². The first-order valence-corrected chi connectivity index (χ1v) is 6.79. The molecule has 0 saturated carbocycles. The van der Waals surface area contributed by atoms with E-state index in [1.165, 1.54) is 11.8 Å². The lowest BCUT2D eigenvalue weighted by Gasteiger charge is -2.00. The van der Waals surface area contributed by atoms with Crippen LogP contribution in [0.3, 0.4) is 0 Å². The first-order chi connectivity index (χ1) is 8.56. The fourth-order valence-corrected chi connectivity index (χ4v) is 2.50. The zero-order valence-electron chi connectivity index (χ0n) is 9.38. The maximum atomic E-state index is 10.8. The van der Waals surface area contributed by atoms with Gasteiger partial charge in [-0.15, -0.1) is 5.10 Å². The summed E-state index contributed by atoms with van der Waals surface area (Å²) >= 11 is 4.58. The number of nitrogens with one attached hydrogen (secondary N) is 1. The van der Waals surface area contributed by atoms with E-state index in [0.29, 0.717) is 15.4 Å². The summed E-state index contributed by atoms with van der Waals surface area (Å²) in [5.74, 6) is 1.34. The molecule has 1 N–H and O–H groups in total. The monoisotopic (exact) mass is 328 g/mol. The van der Waals surface area contributed by atoms with Gasteiger partial charge in [0.25, 0.3) is 5.69 Å². The van der Waals surface area contributed by atoms with Gasteiger partial charge in [0.15, 0.2) is 0 Å². The number of aromatic amines is 1. The Bertz CT molecular complexity index is 587. The average molecular weight is 329 g/mol. The molecule has 0 aliphatic rings. The van der Waals surface area contributed by atoms with Crippen LogP contribution < -0.4 is 0 Å². The lowest BCUT2D eigenvalue weighted by molar-refractivity contribution is -0.385. The van der Waals surface area contributed by atoms with Crippen LogP contribution in [0.5, 0.6) is 0 Å². The minimum atomic E-state index is -0.408. The first-order valence-electron chi connectivity index (χ1n) is 5.01. The Labute approximate surface area is 115 Å². The van der Waals surface area contributed by atoms with Crippen molar-refractivity contribution < 1.29 is 4.92 Å². The molecular weight excluding hydrogens is 320 g/mol. The van der Waals surface area contributed by atoms with Crippen LogP contribution in [-0.2, 0) is 5.75 Å². The molecule has 94 valence electrons. The topological polar surface area (TPSA) is 84.7 Å². The first kappa shape index (κ1) is 13.0. The van der Waals surface area contributed by atoms with Gasteiger partial charge < -0.3 is 0 Å². The number of aromatic nitrogens is 3. The number of benzene rings is 1. The van der Waals surface area contributed by atoms with Crippen molar-refractivity contribution in [2.45, 2.75) is 17.8 Å². The number of H-pyrrole nitrogens is 1. The van der Waals surface area contributed by atoms with E-state index in [-0.39, 0.29) is 5.69 Å². The van der Waals surface area contributed by atoms with Gasteiger partial charge in [-0.05, 0) is 34.5 Å². The summed E-state index contributed by atoms with van der Waals surface area (Å²) in [5, 5.41) is 18.2. The highest BCUT2D eigenvalue weighted by Gasteiger charge is 2.12. The summed E-state index contributed by atoms with van der Waals surface area (Å²) in [6, 6.07) is 5.07. The Morgan fingerprint density at radius 2 is 2.33 bits per heavy atom. The smallest absolute Gasteiger partial charge is 0.262 e. The maximum absolute atomic E-state index is 10.8. The van der Waals surface area contributed by atoms with Gasteiger partial charge in [-0.1, -0.05) is 17.8 Å². The number of hydrogen-bond donors (Lipinski definition) is 1. The van der Waals surface area contributed by atoms with E-state index in [1.54, 1.807) is 12.1 Å². The molecule has 0 spiro atoms. The summed E-state index contributed by atoms with van der Waals surface area (Å²) in [7, 11) is 0. The molecule has 6 nitrogen and oxygen atoms in total. The highest BCUT2D eigenvalue weighted by atomic mass is 79.9. The Morgan fingerprint density at radius 3 is 2.94 bits per heavy atom. The SMILES string of the molecule is Cc1nc(SCc2ccc(Br)c([N+](=O)[O-])c2)n[nH]1. The van der Waals surface area contributed by atoms with Gasteiger partial charge in [-0.25, -0.2) is 4.98 Å². The predicted octanol–water partition coefficient (Wildman–Crippen LogP) is 3.08. The molecule has 18 heavy (non-hydrogen) atoms. The molecule has 8 heteroatoms. The molecule has 0 aliphatic heterocycles. The number of thioether (sulfide) groups is 1. The lowest BCUT2D eigenvalue weighted by Crippen LogP contribution is -1.91. The number of aryl methyl sites for hydroxylation is 1. The van der Waals surface area contributed by atoms with Crippen molar-refractivity contribution >= 4 is 33.4 Å². The van der Waals surface area contributed by atoms with Crippen molar-refractivity contribution in [1.82, 2.24) is 15.2 Å². The van der Waals surface area contributed by atoms with Crippen LogP contribution in [-0.4, -0.2) is 20.1 Å². The van der Waals surface area contributed by atoms with E-state index >= 15 is 0 Å². The standard InChI is InChI=1S/C10H9BrN4O2S/c1-6-12-10(14-13-6)18-5-7-2-3-8(11)9(4-7)15(16)17/h2-4H,5H2,1H3,(H,12,13,14). The van der Waals surface area contributed by atoms with Gasteiger partial charge in [0.2, 0.25) is 5.16 Å². The van der Waals surface area contributed by atoms with Gasteiger partial charge >= 0.3 is 0 Å². The van der Waals surface area contributed by atoms with Gasteiger partial charge in [-0.2, -0.15) is 0 Å².